The SMILES string of the molecule is N#C[C@]1(CCCC2CCC3(CC2)C(=O)NCN3c2ccccc2)Cc2ccccc2Sc2ccccc21. The van der Waals surface area contributed by atoms with E-state index in [1.54, 1.807) is 11.8 Å². The molecule has 0 aromatic heterocycles. The topological polar surface area (TPSA) is 56.1 Å². The van der Waals surface area contributed by atoms with Crippen molar-refractivity contribution in [2.24, 2.45) is 5.92 Å². The summed E-state index contributed by atoms with van der Waals surface area (Å²) in [4.78, 5) is 17.8. The predicted molar refractivity (Wildman–Crippen MR) is 148 cm³/mol. The lowest BCUT2D eigenvalue weighted by Gasteiger charge is -2.42. The molecule has 2 aliphatic heterocycles. The molecule has 2 fully saturated rings. The van der Waals surface area contributed by atoms with E-state index in [-0.39, 0.29) is 5.91 Å². The van der Waals surface area contributed by atoms with Crippen molar-refractivity contribution < 1.29 is 4.79 Å². The highest BCUT2D eigenvalue weighted by Crippen LogP contribution is 2.47. The summed E-state index contributed by atoms with van der Waals surface area (Å²) < 4.78 is 0. The monoisotopic (exact) mass is 507 g/mol. The molecule has 1 spiro atoms. The van der Waals surface area contributed by atoms with E-state index in [4.69, 9.17) is 0 Å². The summed E-state index contributed by atoms with van der Waals surface area (Å²) >= 11 is 1.80. The van der Waals surface area contributed by atoms with Gasteiger partial charge in [-0.1, -0.05) is 79.2 Å². The Morgan fingerprint density at radius 1 is 0.946 bits per heavy atom. The van der Waals surface area contributed by atoms with Crippen molar-refractivity contribution in [2.75, 3.05) is 11.6 Å². The first-order valence-electron chi connectivity index (χ1n) is 13.5. The maximum absolute atomic E-state index is 13.0. The lowest BCUT2D eigenvalue weighted by molar-refractivity contribution is -0.124. The van der Waals surface area contributed by atoms with E-state index in [1.807, 2.05) is 18.2 Å². The van der Waals surface area contributed by atoms with Crippen LogP contribution < -0.4 is 10.2 Å². The number of benzene rings is 3. The normalized spacial score (nSPS) is 26.6. The lowest BCUT2D eigenvalue weighted by atomic mass is 9.70. The highest BCUT2D eigenvalue weighted by molar-refractivity contribution is 7.99. The number of carbonyl (C=O) groups is 1. The fourth-order valence-corrected chi connectivity index (χ4v) is 7.96. The number of hydrogen-bond donors (Lipinski definition) is 1. The number of nitrogens with one attached hydrogen (secondary N) is 1. The third-order valence-electron chi connectivity index (χ3n) is 8.85. The Kier molecular flexibility index (Phi) is 6.46. The number of nitriles is 1. The zero-order valence-corrected chi connectivity index (χ0v) is 22.0. The average Bonchev–Trinajstić information content (AvgIpc) is 3.17. The van der Waals surface area contributed by atoms with Gasteiger partial charge in [0.2, 0.25) is 5.91 Å². The third-order valence-corrected chi connectivity index (χ3v) is 10.0. The van der Waals surface area contributed by atoms with Gasteiger partial charge in [-0.15, -0.1) is 0 Å². The van der Waals surface area contributed by atoms with E-state index in [9.17, 15) is 10.1 Å². The third kappa shape index (κ3) is 4.32. The molecule has 3 aromatic rings. The first-order chi connectivity index (χ1) is 18.1. The average molecular weight is 508 g/mol. The van der Waals surface area contributed by atoms with Crippen LogP contribution in [0.1, 0.15) is 56.1 Å². The van der Waals surface area contributed by atoms with Crippen molar-refractivity contribution in [1.82, 2.24) is 5.32 Å². The van der Waals surface area contributed by atoms with Gasteiger partial charge in [-0.05, 0) is 79.8 Å². The quantitative estimate of drug-likeness (QED) is 0.410. The maximum atomic E-state index is 13.0. The molecule has 1 atom stereocenters. The molecule has 0 unspecified atom stereocenters. The van der Waals surface area contributed by atoms with E-state index in [0.717, 1.165) is 57.1 Å². The molecule has 3 aromatic carbocycles. The number of anilines is 1. The molecule has 1 aliphatic carbocycles. The molecular formula is C32H33N3OS. The number of para-hydroxylation sites is 1. The summed E-state index contributed by atoms with van der Waals surface area (Å²) in [5.41, 5.74) is 2.68. The molecule has 6 rings (SSSR count). The minimum atomic E-state index is -0.498. The fourth-order valence-electron chi connectivity index (χ4n) is 6.79. The van der Waals surface area contributed by atoms with Gasteiger partial charge in [-0.2, -0.15) is 5.26 Å². The molecule has 1 amide bonds. The predicted octanol–water partition coefficient (Wildman–Crippen LogP) is 6.85. The van der Waals surface area contributed by atoms with Crippen LogP contribution in [-0.2, 0) is 16.6 Å². The molecule has 5 heteroatoms. The van der Waals surface area contributed by atoms with Gasteiger partial charge in [0.25, 0.3) is 0 Å². The molecule has 37 heavy (non-hydrogen) atoms. The van der Waals surface area contributed by atoms with Crippen molar-refractivity contribution in [3.63, 3.8) is 0 Å². The van der Waals surface area contributed by atoms with Crippen LogP contribution in [0.5, 0.6) is 0 Å². The summed E-state index contributed by atoms with van der Waals surface area (Å²) in [6.07, 6.45) is 7.70. The number of carbonyl (C=O) groups excluding carboxylic acids is 1. The van der Waals surface area contributed by atoms with Crippen LogP contribution in [-0.4, -0.2) is 18.1 Å². The molecule has 3 aliphatic rings. The first-order valence-corrected chi connectivity index (χ1v) is 14.3. The van der Waals surface area contributed by atoms with Crippen LogP contribution in [0.25, 0.3) is 0 Å². The van der Waals surface area contributed by atoms with Gasteiger partial charge in [-0.3, -0.25) is 4.79 Å². The van der Waals surface area contributed by atoms with Crippen molar-refractivity contribution in [2.45, 2.75) is 72.1 Å². The molecule has 4 nitrogen and oxygen atoms in total. The highest BCUT2D eigenvalue weighted by Gasteiger charge is 2.50. The largest absolute Gasteiger partial charge is 0.339 e. The Balaban J connectivity index is 1.15. The van der Waals surface area contributed by atoms with E-state index < -0.39 is 11.0 Å². The first kappa shape index (κ1) is 24.1. The molecule has 2 heterocycles. The van der Waals surface area contributed by atoms with Gasteiger partial charge in [0.1, 0.15) is 5.54 Å². The Hall–Kier alpha value is -3.23. The zero-order chi connectivity index (χ0) is 25.3. The van der Waals surface area contributed by atoms with Crippen molar-refractivity contribution in [1.29, 1.82) is 5.26 Å². The van der Waals surface area contributed by atoms with E-state index >= 15 is 0 Å². The van der Waals surface area contributed by atoms with Crippen molar-refractivity contribution in [3.05, 3.63) is 90.0 Å². The summed E-state index contributed by atoms with van der Waals surface area (Å²) in [5, 5.41) is 13.7. The summed E-state index contributed by atoms with van der Waals surface area (Å²) in [5.74, 6) is 0.791. The van der Waals surface area contributed by atoms with Crippen molar-refractivity contribution >= 4 is 23.4 Å². The van der Waals surface area contributed by atoms with Gasteiger partial charge in [0.15, 0.2) is 0 Å². The van der Waals surface area contributed by atoms with Crippen LogP contribution in [0.2, 0.25) is 0 Å². The Morgan fingerprint density at radius 2 is 1.65 bits per heavy atom. The maximum Gasteiger partial charge on any atom is 0.247 e. The minimum absolute atomic E-state index is 0.185. The standard InChI is InChI=1S/C32H33N3OS/c33-22-31(21-25-10-4-6-14-28(25)37-29-15-7-5-13-27(29)31)18-8-9-24-16-19-32(20-17-24)30(36)34-23-35(32)26-11-2-1-3-12-26/h1-7,10-15,24H,8-9,16-21,23H2,(H,34,36)/t24?,31-,32?/m0/s1. The van der Waals surface area contributed by atoms with E-state index in [0.29, 0.717) is 12.6 Å². The van der Waals surface area contributed by atoms with Crippen molar-refractivity contribution in [3.8, 4) is 6.07 Å². The van der Waals surface area contributed by atoms with Crippen LogP contribution in [0.4, 0.5) is 5.69 Å². The lowest BCUT2D eigenvalue weighted by Crippen LogP contribution is -2.51. The molecule has 1 N–H and O–H groups in total. The summed E-state index contributed by atoms with van der Waals surface area (Å²) in [6, 6.07) is 30.2. The number of hydrogen-bond acceptors (Lipinski definition) is 4. The number of nitrogens with zero attached hydrogens (tertiary/aromatic N) is 2. The van der Waals surface area contributed by atoms with Gasteiger partial charge in [0, 0.05) is 15.5 Å². The van der Waals surface area contributed by atoms with Crippen LogP contribution >= 0.6 is 11.8 Å². The molecule has 0 radical (unpaired) electrons. The summed E-state index contributed by atoms with van der Waals surface area (Å²) in [6.45, 7) is 0.594. The number of fused-ring (bicyclic) bond motifs is 2. The second-order valence-corrected chi connectivity index (χ2v) is 12.0. The van der Waals surface area contributed by atoms with Gasteiger partial charge in [0.05, 0.1) is 18.2 Å². The van der Waals surface area contributed by atoms with Crippen LogP contribution in [0.15, 0.2) is 88.7 Å². The van der Waals surface area contributed by atoms with E-state index in [1.165, 1.54) is 20.9 Å². The smallest absolute Gasteiger partial charge is 0.247 e. The molecule has 1 saturated carbocycles. The van der Waals surface area contributed by atoms with Crippen LogP contribution in [0.3, 0.4) is 0 Å². The molecule has 1 saturated heterocycles. The van der Waals surface area contributed by atoms with Gasteiger partial charge < -0.3 is 10.2 Å². The minimum Gasteiger partial charge on any atom is -0.339 e. The second kappa shape index (κ2) is 9.91. The fraction of sp³-hybridized carbons (Fsp3) is 0.375. The second-order valence-electron chi connectivity index (χ2n) is 10.9. The van der Waals surface area contributed by atoms with Gasteiger partial charge in [-0.25, -0.2) is 0 Å². The Bertz CT molecular complexity index is 1330. The van der Waals surface area contributed by atoms with Crippen LogP contribution in [0, 0.1) is 17.2 Å². The summed E-state index contributed by atoms with van der Waals surface area (Å²) in [7, 11) is 0. The zero-order valence-electron chi connectivity index (χ0n) is 21.2. The van der Waals surface area contributed by atoms with E-state index in [2.05, 4.69) is 76.9 Å². The molecule has 0 bridgehead atoms. The van der Waals surface area contributed by atoms with Gasteiger partial charge >= 0.3 is 0 Å². The highest BCUT2D eigenvalue weighted by atomic mass is 32.2. The Labute approximate surface area is 224 Å². The number of amides is 1. The number of rotatable bonds is 5. The molecular weight excluding hydrogens is 474 g/mol. The molecule has 188 valence electrons. The Morgan fingerprint density at radius 3 is 2.43 bits per heavy atom.